The molecule has 0 atom stereocenters. The van der Waals surface area contributed by atoms with E-state index in [2.05, 4.69) is 20.8 Å². The quantitative estimate of drug-likeness (QED) is 0.0812. The third-order valence-electron chi connectivity index (χ3n) is 7.47. The standard InChI is InChI=1S/C37H48O5/c1-4-7-8-9-10-11-12-27-40-34-23-19-31(20-24-34)30-15-17-33(18-16-30)37(39)42-35-25-21-32(22-26-35)36(38)41-28-29(13-5-2)14-6-3/h15-26,29H,4-14,27-28H2,1-3H3. The van der Waals surface area contributed by atoms with Gasteiger partial charge in [-0.25, -0.2) is 9.59 Å². The molecule has 0 N–H and O–H groups in total. The number of hydrogen-bond donors (Lipinski definition) is 0. The van der Waals surface area contributed by atoms with Crippen LogP contribution in [0, 0.1) is 5.92 Å². The monoisotopic (exact) mass is 572 g/mol. The highest BCUT2D eigenvalue weighted by Gasteiger charge is 2.14. The van der Waals surface area contributed by atoms with Crippen LogP contribution >= 0.6 is 0 Å². The molecule has 0 saturated heterocycles. The molecule has 0 aromatic heterocycles. The number of ether oxygens (including phenoxy) is 3. The normalized spacial score (nSPS) is 11.0. The number of unbranched alkanes of at least 4 members (excludes halogenated alkanes) is 6. The second kappa shape index (κ2) is 18.8. The zero-order valence-corrected chi connectivity index (χ0v) is 25.7. The van der Waals surface area contributed by atoms with Gasteiger partial charge in [0.05, 0.1) is 24.3 Å². The van der Waals surface area contributed by atoms with E-state index in [1.807, 2.05) is 36.4 Å². The SMILES string of the molecule is CCCCCCCCCOc1ccc(-c2ccc(C(=O)Oc3ccc(C(=O)OCC(CCC)CCC)cc3)cc2)cc1. The summed E-state index contributed by atoms with van der Waals surface area (Å²) in [6, 6.07) is 21.9. The number of carbonyl (C=O) groups is 2. The van der Waals surface area contributed by atoms with Crippen molar-refractivity contribution in [1.29, 1.82) is 0 Å². The van der Waals surface area contributed by atoms with E-state index >= 15 is 0 Å². The number of rotatable bonds is 19. The van der Waals surface area contributed by atoms with Crippen molar-refractivity contribution in [3.05, 3.63) is 83.9 Å². The first kappa shape index (κ1) is 32.9. The Morgan fingerprint density at radius 3 is 1.67 bits per heavy atom. The van der Waals surface area contributed by atoms with Crippen molar-refractivity contribution in [2.45, 2.75) is 91.4 Å². The van der Waals surface area contributed by atoms with Crippen molar-refractivity contribution in [2.75, 3.05) is 13.2 Å². The van der Waals surface area contributed by atoms with E-state index in [9.17, 15) is 9.59 Å². The first-order valence-electron chi connectivity index (χ1n) is 15.9. The van der Waals surface area contributed by atoms with Crippen LogP contribution in [-0.2, 0) is 4.74 Å². The van der Waals surface area contributed by atoms with E-state index in [0.717, 1.165) is 55.6 Å². The van der Waals surface area contributed by atoms with Gasteiger partial charge in [-0.05, 0) is 84.8 Å². The van der Waals surface area contributed by atoms with Crippen LogP contribution < -0.4 is 9.47 Å². The van der Waals surface area contributed by atoms with Crippen molar-refractivity contribution in [2.24, 2.45) is 5.92 Å². The van der Waals surface area contributed by atoms with Gasteiger partial charge in [-0.1, -0.05) is 96.4 Å². The van der Waals surface area contributed by atoms with Crippen LogP contribution in [0.5, 0.6) is 11.5 Å². The van der Waals surface area contributed by atoms with E-state index in [1.54, 1.807) is 36.4 Å². The van der Waals surface area contributed by atoms with Crippen molar-refractivity contribution in [3.8, 4) is 22.6 Å². The molecule has 3 rings (SSSR count). The maximum Gasteiger partial charge on any atom is 0.343 e. The summed E-state index contributed by atoms with van der Waals surface area (Å²) in [5, 5.41) is 0. The fourth-order valence-corrected chi connectivity index (χ4v) is 5.02. The number of esters is 2. The maximum absolute atomic E-state index is 12.7. The average Bonchev–Trinajstić information content (AvgIpc) is 3.02. The van der Waals surface area contributed by atoms with E-state index in [1.165, 1.54) is 38.5 Å². The third kappa shape index (κ3) is 11.3. The Morgan fingerprint density at radius 2 is 1.07 bits per heavy atom. The van der Waals surface area contributed by atoms with Crippen LogP contribution in [-0.4, -0.2) is 25.2 Å². The van der Waals surface area contributed by atoms with Gasteiger partial charge in [-0.2, -0.15) is 0 Å². The largest absolute Gasteiger partial charge is 0.494 e. The zero-order chi connectivity index (χ0) is 30.0. The lowest BCUT2D eigenvalue weighted by Gasteiger charge is -2.15. The van der Waals surface area contributed by atoms with Gasteiger partial charge in [0.25, 0.3) is 0 Å². The number of benzene rings is 3. The number of carbonyl (C=O) groups excluding carboxylic acids is 2. The fraction of sp³-hybridized carbons (Fsp3) is 0.459. The van der Waals surface area contributed by atoms with Crippen LogP contribution in [0.15, 0.2) is 72.8 Å². The third-order valence-corrected chi connectivity index (χ3v) is 7.47. The molecular weight excluding hydrogens is 524 g/mol. The van der Waals surface area contributed by atoms with Crippen molar-refractivity contribution < 1.29 is 23.8 Å². The summed E-state index contributed by atoms with van der Waals surface area (Å²) in [5.74, 6) is 0.846. The second-order valence-electron chi connectivity index (χ2n) is 11.0. The Hall–Kier alpha value is -3.60. The van der Waals surface area contributed by atoms with Crippen LogP contribution in [0.25, 0.3) is 11.1 Å². The smallest absolute Gasteiger partial charge is 0.343 e. The fourth-order valence-electron chi connectivity index (χ4n) is 5.02. The predicted molar refractivity (Wildman–Crippen MR) is 170 cm³/mol. The topological polar surface area (TPSA) is 61.8 Å². The molecule has 3 aromatic carbocycles. The molecule has 42 heavy (non-hydrogen) atoms. The highest BCUT2D eigenvalue weighted by Crippen LogP contribution is 2.24. The van der Waals surface area contributed by atoms with Crippen LogP contribution in [0.1, 0.15) is 112 Å². The molecule has 5 heteroatoms. The number of hydrogen-bond acceptors (Lipinski definition) is 5. The van der Waals surface area contributed by atoms with Crippen molar-refractivity contribution >= 4 is 11.9 Å². The highest BCUT2D eigenvalue weighted by molar-refractivity contribution is 5.92. The van der Waals surface area contributed by atoms with Gasteiger partial charge in [0, 0.05) is 0 Å². The van der Waals surface area contributed by atoms with Crippen LogP contribution in [0.2, 0.25) is 0 Å². The van der Waals surface area contributed by atoms with Gasteiger partial charge in [-0.15, -0.1) is 0 Å². The Kier molecular flexibility index (Phi) is 14.7. The Bertz CT molecular complexity index is 1180. The summed E-state index contributed by atoms with van der Waals surface area (Å²) < 4.78 is 17.0. The molecule has 0 aliphatic carbocycles. The molecule has 0 amide bonds. The highest BCUT2D eigenvalue weighted by atomic mass is 16.5. The van der Waals surface area contributed by atoms with Crippen LogP contribution in [0.3, 0.4) is 0 Å². The van der Waals surface area contributed by atoms with Crippen molar-refractivity contribution in [3.63, 3.8) is 0 Å². The Morgan fingerprint density at radius 1 is 0.571 bits per heavy atom. The molecule has 3 aromatic rings. The van der Waals surface area contributed by atoms with E-state index in [4.69, 9.17) is 14.2 Å². The van der Waals surface area contributed by atoms with E-state index in [0.29, 0.717) is 29.4 Å². The molecule has 0 aliphatic rings. The lowest BCUT2D eigenvalue weighted by atomic mass is 9.99. The lowest BCUT2D eigenvalue weighted by Crippen LogP contribution is -2.14. The zero-order valence-electron chi connectivity index (χ0n) is 25.7. The molecular formula is C37H48O5. The molecule has 0 bridgehead atoms. The van der Waals surface area contributed by atoms with Gasteiger partial charge in [0.1, 0.15) is 11.5 Å². The second-order valence-corrected chi connectivity index (χ2v) is 11.0. The molecule has 0 unspecified atom stereocenters. The molecule has 0 heterocycles. The van der Waals surface area contributed by atoms with Gasteiger partial charge in [0.15, 0.2) is 0 Å². The van der Waals surface area contributed by atoms with Gasteiger partial charge in [0.2, 0.25) is 0 Å². The average molecular weight is 573 g/mol. The molecule has 0 aliphatic heterocycles. The van der Waals surface area contributed by atoms with Gasteiger partial charge < -0.3 is 14.2 Å². The van der Waals surface area contributed by atoms with Gasteiger partial charge in [-0.3, -0.25) is 0 Å². The summed E-state index contributed by atoms with van der Waals surface area (Å²) in [4.78, 5) is 25.2. The Balaban J connectivity index is 1.44. The van der Waals surface area contributed by atoms with Crippen LogP contribution in [0.4, 0.5) is 0 Å². The summed E-state index contributed by atoms with van der Waals surface area (Å²) in [6.45, 7) is 7.71. The minimum absolute atomic E-state index is 0.353. The molecule has 0 saturated carbocycles. The molecule has 0 radical (unpaired) electrons. The lowest BCUT2D eigenvalue weighted by molar-refractivity contribution is 0.0425. The summed E-state index contributed by atoms with van der Waals surface area (Å²) in [6.07, 6.45) is 13.1. The molecule has 5 nitrogen and oxygen atoms in total. The minimum atomic E-state index is -0.451. The van der Waals surface area contributed by atoms with E-state index < -0.39 is 5.97 Å². The summed E-state index contributed by atoms with van der Waals surface area (Å²) >= 11 is 0. The molecule has 0 fully saturated rings. The maximum atomic E-state index is 12.7. The van der Waals surface area contributed by atoms with Gasteiger partial charge >= 0.3 is 11.9 Å². The first-order valence-corrected chi connectivity index (χ1v) is 15.9. The minimum Gasteiger partial charge on any atom is -0.494 e. The molecule has 226 valence electrons. The summed E-state index contributed by atoms with van der Waals surface area (Å²) in [7, 11) is 0. The predicted octanol–water partition coefficient (Wildman–Crippen LogP) is 10.1. The first-order chi connectivity index (χ1) is 20.5. The van der Waals surface area contributed by atoms with E-state index in [-0.39, 0.29) is 5.97 Å². The Labute approximate surface area is 252 Å². The molecule has 0 spiro atoms. The summed E-state index contributed by atoms with van der Waals surface area (Å²) in [5.41, 5.74) is 2.96. The van der Waals surface area contributed by atoms with Crippen molar-refractivity contribution in [1.82, 2.24) is 0 Å².